The molecule has 3 nitrogen and oxygen atoms in total. The number of aryl methyl sites for hydroxylation is 3. The molecule has 1 amide bonds. The van der Waals surface area contributed by atoms with E-state index in [0.29, 0.717) is 5.92 Å². The fraction of sp³-hybridized carbons (Fsp3) is 0.409. The van der Waals surface area contributed by atoms with Crippen molar-refractivity contribution in [2.45, 2.75) is 53.5 Å². The molecule has 0 fully saturated rings. The summed E-state index contributed by atoms with van der Waals surface area (Å²) >= 11 is 0. The number of rotatable bonds is 5. The third-order valence-electron chi connectivity index (χ3n) is 4.69. The van der Waals surface area contributed by atoms with Crippen molar-refractivity contribution in [1.82, 2.24) is 5.32 Å². The molecule has 0 aliphatic heterocycles. The van der Waals surface area contributed by atoms with Crippen LogP contribution >= 0.6 is 0 Å². The average Bonchev–Trinajstić information content (AvgIpc) is 2.56. The van der Waals surface area contributed by atoms with E-state index in [2.05, 4.69) is 38.2 Å². The summed E-state index contributed by atoms with van der Waals surface area (Å²) in [6.45, 7) is 12.4. The summed E-state index contributed by atoms with van der Waals surface area (Å²) in [7, 11) is 1.70. The highest BCUT2D eigenvalue weighted by Crippen LogP contribution is 2.32. The van der Waals surface area contributed by atoms with Crippen molar-refractivity contribution in [3.63, 3.8) is 0 Å². The minimum absolute atomic E-state index is 0.0324. The molecule has 1 atom stereocenters. The maximum absolute atomic E-state index is 12.7. The molecule has 0 radical (unpaired) electrons. The second-order valence-corrected chi connectivity index (χ2v) is 7.12. The van der Waals surface area contributed by atoms with E-state index in [1.807, 2.05) is 39.0 Å². The normalized spacial score (nSPS) is 12.2. The molecule has 0 saturated carbocycles. The lowest BCUT2D eigenvalue weighted by molar-refractivity contribution is 0.0939. The molecule has 0 heterocycles. The van der Waals surface area contributed by atoms with Crippen molar-refractivity contribution in [2.24, 2.45) is 0 Å². The van der Waals surface area contributed by atoms with E-state index in [9.17, 15) is 4.79 Å². The van der Waals surface area contributed by atoms with Crippen LogP contribution in [0.25, 0.3) is 0 Å². The van der Waals surface area contributed by atoms with Crippen molar-refractivity contribution >= 4 is 5.91 Å². The van der Waals surface area contributed by atoms with Gasteiger partial charge in [-0.3, -0.25) is 4.79 Å². The Kier molecular flexibility index (Phi) is 5.89. The Morgan fingerprint density at radius 2 is 1.64 bits per heavy atom. The van der Waals surface area contributed by atoms with Gasteiger partial charge in [0, 0.05) is 5.56 Å². The largest absolute Gasteiger partial charge is 0.496 e. The van der Waals surface area contributed by atoms with Gasteiger partial charge < -0.3 is 10.1 Å². The number of amides is 1. The molecule has 1 N–H and O–H groups in total. The number of carbonyl (C=O) groups excluding carboxylic acids is 1. The highest BCUT2D eigenvalue weighted by Gasteiger charge is 2.18. The van der Waals surface area contributed by atoms with Gasteiger partial charge in [-0.25, -0.2) is 0 Å². The summed E-state index contributed by atoms with van der Waals surface area (Å²) in [6.07, 6.45) is 0. The highest BCUT2D eigenvalue weighted by atomic mass is 16.5. The Hall–Kier alpha value is -2.29. The smallest absolute Gasteiger partial charge is 0.252 e. The van der Waals surface area contributed by atoms with E-state index >= 15 is 0 Å². The molecule has 2 aromatic rings. The van der Waals surface area contributed by atoms with Gasteiger partial charge in [-0.1, -0.05) is 31.5 Å². The highest BCUT2D eigenvalue weighted by molar-refractivity contribution is 5.96. The van der Waals surface area contributed by atoms with Crippen LogP contribution in [0.15, 0.2) is 30.3 Å². The zero-order valence-electron chi connectivity index (χ0n) is 16.4. The molecule has 0 unspecified atom stereocenters. The Morgan fingerprint density at radius 1 is 0.960 bits per heavy atom. The van der Waals surface area contributed by atoms with Gasteiger partial charge >= 0.3 is 0 Å². The maximum Gasteiger partial charge on any atom is 0.252 e. The second kappa shape index (κ2) is 7.73. The summed E-state index contributed by atoms with van der Waals surface area (Å²) in [6, 6.07) is 10.1. The Bertz CT molecular complexity index is 778. The second-order valence-electron chi connectivity index (χ2n) is 7.12. The number of hydrogen-bond donors (Lipinski definition) is 1. The van der Waals surface area contributed by atoms with Gasteiger partial charge in [-0.15, -0.1) is 0 Å². The number of carbonyl (C=O) groups is 1. The van der Waals surface area contributed by atoms with E-state index in [4.69, 9.17) is 4.74 Å². The molecule has 25 heavy (non-hydrogen) atoms. The van der Waals surface area contributed by atoms with Crippen molar-refractivity contribution in [2.75, 3.05) is 7.11 Å². The first-order valence-corrected chi connectivity index (χ1v) is 8.81. The van der Waals surface area contributed by atoms with Crippen molar-refractivity contribution in [3.05, 3.63) is 63.7 Å². The topological polar surface area (TPSA) is 38.3 Å². The Balaban J connectivity index is 2.31. The Labute approximate surface area is 151 Å². The molecule has 0 aromatic heterocycles. The molecule has 0 aliphatic rings. The van der Waals surface area contributed by atoms with Crippen molar-refractivity contribution in [1.29, 1.82) is 0 Å². The third-order valence-corrected chi connectivity index (χ3v) is 4.69. The van der Waals surface area contributed by atoms with Gasteiger partial charge in [0.2, 0.25) is 0 Å². The van der Waals surface area contributed by atoms with E-state index in [0.717, 1.165) is 39.1 Å². The van der Waals surface area contributed by atoms with E-state index < -0.39 is 0 Å². The van der Waals surface area contributed by atoms with Crippen LogP contribution in [0, 0.1) is 20.8 Å². The maximum atomic E-state index is 12.7. The fourth-order valence-electron chi connectivity index (χ4n) is 3.14. The monoisotopic (exact) mass is 339 g/mol. The summed E-state index contributed by atoms with van der Waals surface area (Å²) in [5.41, 5.74) is 6.23. The van der Waals surface area contributed by atoms with E-state index in [1.165, 1.54) is 0 Å². The van der Waals surface area contributed by atoms with Crippen LogP contribution in [0.1, 0.15) is 70.9 Å². The first-order chi connectivity index (χ1) is 11.7. The molecule has 2 aromatic carbocycles. The van der Waals surface area contributed by atoms with Gasteiger partial charge in [-0.05, 0) is 74.1 Å². The van der Waals surface area contributed by atoms with Crippen LogP contribution in [-0.4, -0.2) is 13.0 Å². The number of methoxy groups -OCH3 is 1. The molecule has 3 heteroatoms. The van der Waals surface area contributed by atoms with Crippen LogP contribution in [-0.2, 0) is 0 Å². The quantitative estimate of drug-likeness (QED) is 0.809. The Morgan fingerprint density at radius 3 is 2.24 bits per heavy atom. The molecular weight excluding hydrogens is 310 g/mol. The standard InChI is InChI=1S/C22H29NO2/c1-13(2)18-12-19(16(5)11-21(18)25-7)17(6)23-22(24)20-10-14(3)8-9-15(20)4/h8-13,17H,1-7H3,(H,23,24)/t17-/m0/s1. The zero-order chi connectivity index (χ0) is 18.7. The van der Waals surface area contributed by atoms with Crippen LogP contribution in [0.2, 0.25) is 0 Å². The molecular formula is C22H29NO2. The number of benzene rings is 2. The predicted molar refractivity (Wildman–Crippen MR) is 104 cm³/mol. The van der Waals surface area contributed by atoms with Crippen LogP contribution in [0.5, 0.6) is 5.75 Å². The molecule has 0 bridgehead atoms. The van der Waals surface area contributed by atoms with Crippen molar-refractivity contribution < 1.29 is 9.53 Å². The minimum atomic E-state index is -0.0733. The van der Waals surface area contributed by atoms with Gasteiger partial charge in [0.25, 0.3) is 5.91 Å². The molecule has 0 spiro atoms. The number of ether oxygens (including phenoxy) is 1. The molecule has 0 saturated heterocycles. The van der Waals surface area contributed by atoms with Gasteiger partial charge in [0.05, 0.1) is 13.2 Å². The van der Waals surface area contributed by atoms with Crippen LogP contribution in [0.4, 0.5) is 0 Å². The SMILES string of the molecule is COc1cc(C)c([C@H](C)NC(=O)c2cc(C)ccc2C)cc1C(C)C. The zero-order valence-corrected chi connectivity index (χ0v) is 16.4. The predicted octanol–water partition coefficient (Wildman–Crippen LogP) is 5.23. The fourth-order valence-corrected chi connectivity index (χ4v) is 3.14. The number of hydrogen-bond acceptors (Lipinski definition) is 2. The molecule has 134 valence electrons. The van der Waals surface area contributed by atoms with Gasteiger partial charge in [0.1, 0.15) is 5.75 Å². The lowest BCUT2D eigenvalue weighted by atomic mass is 9.93. The third kappa shape index (κ3) is 4.22. The summed E-state index contributed by atoms with van der Waals surface area (Å²) in [5.74, 6) is 1.23. The molecule has 0 aliphatic carbocycles. The lowest BCUT2D eigenvalue weighted by Gasteiger charge is -2.21. The summed E-state index contributed by atoms with van der Waals surface area (Å²) < 4.78 is 5.51. The first-order valence-electron chi connectivity index (χ1n) is 8.81. The van der Waals surface area contributed by atoms with E-state index in [1.54, 1.807) is 7.11 Å². The lowest BCUT2D eigenvalue weighted by Crippen LogP contribution is -2.28. The van der Waals surface area contributed by atoms with Gasteiger partial charge in [0.15, 0.2) is 0 Å². The van der Waals surface area contributed by atoms with Gasteiger partial charge in [-0.2, -0.15) is 0 Å². The average molecular weight is 339 g/mol. The van der Waals surface area contributed by atoms with E-state index in [-0.39, 0.29) is 11.9 Å². The summed E-state index contributed by atoms with van der Waals surface area (Å²) in [5, 5.41) is 3.15. The summed E-state index contributed by atoms with van der Waals surface area (Å²) in [4.78, 5) is 12.7. The minimum Gasteiger partial charge on any atom is -0.496 e. The molecule has 2 rings (SSSR count). The first kappa shape index (κ1) is 19.0. The number of nitrogens with one attached hydrogen (secondary N) is 1. The van der Waals surface area contributed by atoms with Crippen LogP contribution < -0.4 is 10.1 Å². The van der Waals surface area contributed by atoms with Crippen molar-refractivity contribution in [3.8, 4) is 5.75 Å². The van der Waals surface area contributed by atoms with Crippen LogP contribution in [0.3, 0.4) is 0 Å².